The summed E-state index contributed by atoms with van der Waals surface area (Å²) in [6, 6.07) is 15.0. The van der Waals surface area contributed by atoms with E-state index in [4.69, 9.17) is 42.1 Å². The first-order chi connectivity index (χ1) is 24.2. The maximum Gasteiger partial charge on any atom is 0.338 e. The van der Waals surface area contributed by atoms with Gasteiger partial charge >= 0.3 is 11.9 Å². The molecule has 0 aliphatic carbocycles. The third kappa shape index (κ3) is 8.30. The average Bonchev–Trinajstić information content (AvgIpc) is 3.13. The van der Waals surface area contributed by atoms with Crippen molar-refractivity contribution in [3.8, 4) is 11.5 Å². The highest BCUT2D eigenvalue weighted by Gasteiger charge is 2.38. The van der Waals surface area contributed by atoms with Crippen LogP contribution in [0.3, 0.4) is 0 Å². The van der Waals surface area contributed by atoms with Gasteiger partial charge in [-0.25, -0.2) is 9.59 Å². The summed E-state index contributed by atoms with van der Waals surface area (Å²) in [5.41, 5.74) is 2.92. The van der Waals surface area contributed by atoms with E-state index in [1.54, 1.807) is 60.9 Å². The molecular formula is C37H38Cl2N4O7. The molecule has 3 aliphatic heterocycles. The summed E-state index contributed by atoms with van der Waals surface area (Å²) in [5.74, 6) is 0.431. The summed E-state index contributed by atoms with van der Waals surface area (Å²) in [4.78, 5) is 33.6. The van der Waals surface area contributed by atoms with Crippen LogP contribution in [0.5, 0.6) is 11.5 Å². The molecule has 13 heteroatoms. The van der Waals surface area contributed by atoms with Crippen molar-refractivity contribution in [2.75, 3.05) is 33.9 Å². The molecule has 3 aliphatic rings. The Bertz CT molecular complexity index is 1780. The van der Waals surface area contributed by atoms with Crippen molar-refractivity contribution in [1.29, 1.82) is 0 Å². The van der Waals surface area contributed by atoms with Gasteiger partial charge in [0.25, 0.3) is 0 Å². The molecule has 2 aromatic carbocycles. The van der Waals surface area contributed by atoms with E-state index in [0.717, 1.165) is 38.0 Å². The Morgan fingerprint density at radius 1 is 1.00 bits per heavy atom. The van der Waals surface area contributed by atoms with E-state index in [9.17, 15) is 14.8 Å². The van der Waals surface area contributed by atoms with Gasteiger partial charge in [-0.1, -0.05) is 47.5 Å². The largest absolute Gasteiger partial charge is 0.619 e. The summed E-state index contributed by atoms with van der Waals surface area (Å²) in [5, 5.41) is 15.5. The highest BCUT2D eigenvalue weighted by Crippen LogP contribution is 2.36. The molecule has 11 nitrogen and oxygen atoms in total. The van der Waals surface area contributed by atoms with Gasteiger partial charge < -0.3 is 24.2 Å². The van der Waals surface area contributed by atoms with Crippen LogP contribution in [0.1, 0.15) is 57.6 Å². The minimum atomic E-state index is -0.844. The third-order valence-electron chi connectivity index (χ3n) is 9.29. The van der Waals surface area contributed by atoms with Crippen LogP contribution in [0.2, 0.25) is 10.0 Å². The first-order valence-corrected chi connectivity index (χ1v) is 17.1. The highest BCUT2D eigenvalue weighted by atomic mass is 35.5. The van der Waals surface area contributed by atoms with E-state index in [1.807, 2.05) is 6.07 Å². The van der Waals surface area contributed by atoms with Crippen molar-refractivity contribution in [1.82, 2.24) is 15.2 Å². The van der Waals surface area contributed by atoms with Crippen LogP contribution in [0, 0.1) is 11.1 Å². The fourth-order valence-corrected chi connectivity index (χ4v) is 7.11. The fraction of sp³-hybridized carbons (Fsp3) is 0.351. The molecule has 3 fully saturated rings. The molecule has 262 valence electrons. The number of aromatic nitrogens is 2. The molecule has 2 aromatic heterocycles. The Hall–Kier alpha value is -4.42. The third-order valence-corrected chi connectivity index (χ3v) is 9.94. The van der Waals surface area contributed by atoms with Gasteiger partial charge in [-0.15, -0.1) is 0 Å². The molecule has 0 saturated carbocycles. The lowest BCUT2D eigenvalue weighted by Crippen LogP contribution is -2.52. The summed E-state index contributed by atoms with van der Waals surface area (Å²) in [6.45, 7) is 3.22. The Balaban J connectivity index is 1.16. The molecule has 50 heavy (non-hydrogen) atoms. The number of hydrogen-bond acceptors (Lipinski definition) is 10. The quantitative estimate of drug-likeness (QED) is 0.105. The Morgan fingerprint density at radius 2 is 1.72 bits per heavy atom. The highest BCUT2D eigenvalue weighted by molar-refractivity contribution is 6.35. The van der Waals surface area contributed by atoms with E-state index in [-0.39, 0.29) is 28.5 Å². The zero-order valence-corrected chi connectivity index (χ0v) is 29.2. The van der Waals surface area contributed by atoms with E-state index in [1.165, 1.54) is 26.6 Å². The normalized spacial score (nSPS) is 19.3. The molecule has 2 bridgehead atoms. The topological polar surface area (TPSA) is 126 Å². The first-order valence-electron chi connectivity index (χ1n) is 16.4. The second-order valence-electron chi connectivity index (χ2n) is 12.4. The lowest BCUT2D eigenvalue weighted by molar-refractivity contribution is -0.605. The smallest absolute Gasteiger partial charge is 0.338 e. The second kappa shape index (κ2) is 16.1. The van der Waals surface area contributed by atoms with Crippen LogP contribution in [0.25, 0.3) is 0 Å². The summed E-state index contributed by atoms with van der Waals surface area (Å²) in [7, 11) is 3.04. The number of carbonyl (C=O) groups is 2. The Morgan fingerprint density at radius 3 is 2.34 bits per heavy atom. The van der Waals surface area contributed by atoms with E-state index >= 15 is 0 Å². The number of methoxy groups -OCH3 is 2. The van der Waals surface area contributed by atoms with Crippen LogP contribution in [-0.4, -0.2) is 61.8 Å². The number of ether oxygens (including phenoxy) is 4. The number of carbonyl (C=O) groups excluding carboxylic acids is 2. The number of hydrogen-bond donors (Lipinski definition) is 1. The van der Waals surface area contributed by atoms with Gasteiger partial charge in [0.2, 0.25) is 0 Å². The van der Waals surface area contributed by atoms with Gasteiger partial charge in [0.1, 0.15) is 28.3 Å². The number of fused-ring (bicyclic) bond motifs is 3. The molecule has 1 N–H and O–H groups in total. The monoisotopic (exact) mass is 720 g/mol. The molecule has 0 spiro atoms. The minimum absolute atomic E-state index is 0.0905. The second-order valence-corrected chi connectivity index (χ2v) is 13.2. The van der Waals surface area contributed by atoms with Crippen LogP contribution in [-0.2, 0) is 27.2 Å². The predicted octanol–water partition coefficient (Wildman–Crippen LogP) is 5.65. The van der Waals surface area contributed by atoms with Crippen LogP contribution in [0.4, 0.5) is 0 Å². The number of rotatable bonds is 13. The molecule has 0 amide bonds. The average molecular weight is 722 g/mol. The molecule has 1 unspecified atom stereocenters. The van der Waals surface area contributed by atoms with Crippen molar-refractivity contribution < 1.29 is 33.3 Å². The molecule has 5 heterocycles. The zero-order valence-electron chi connectivity index (χ0n) is 27.7. The number of piperidine rings is 3. The molecule has 0 radical (unpaired) electrons. The van der Waals surface area contributed by atoms with Crippen molar-refractivity contribution in [2.24, 2.45) is 5.92 Å². The van der Waals surface area contributed by atoms with Crippen LogP contribution in [0.15, 0.2) is 79.4 Å². The molecular weight excluding hydrogens is 683 g/mol. The Labute approximate surface area is 300 Å². The number of benzene rings is 2. The minimum Gasteiger partial charge on any atom is -0.619 e. The van der Waals surface area contributed by atoms with E-state index < -0.39 is 18.1 Å². The molecule has 4 aromatic rings. The van der Waals surface area contributed by atoms with Crippen molar-refractivity contribution in [3.63, 3.8) is 0 Å². The fourth-order valence-electron chi connectivity index (χ4n) is 6.51. The maximum absolute atomic E-state index is 13.5. The van der Waals surface area contributed by atoms with Gasteiger partial charge in [0.15, 0.2) is 23.9 Å². The zero-order chi connectivity index (χ0) is 35.2. The summed E-state index contributed by atoms with van der Waals surface area (Å²) >= 11 is 12.8. The van der Waals surface area contributed by atoms with Gasteiger partial charge in [0.05, 0.1) is 19.8 Å². The Kier molecular flexibility index (Phi) is 11.4. The van der Waals surface area contributed by atoms with Gasteiger partial charge in [-0.05, 0) is 78.9 Å². The van der Waals surface area contributed by atoms with Crippen molar-refractivity contribution in [3.05, 3.63) is 122 Å². The molecule has 7 rings (SSSR count). The van der Waals surface area contributed by atoms with Crippen LogP contribution < -0.4 is 19.5 Å². The van der Waals surface area contributed by atoms with Gasteiger partial charge in [0, 0.05) is 37.5 Å². The molecule has 3 atom stereocenters. The van der Waals surface area contributed by atoms with Gasteiger partial charge in [-0.3, -0.25) is 15.2 Å². The number of halogens is 2. The first kappa shape index (κ1) is 35.4. The lowest BCUT2D eigenvalue weighted by atomic mass is 9.86. The van der Waals surface area contributed by atoms with Crippen LogP contribution >= 0.6 is 23.2 Å². The van der Waals surface area contributed by atoms with Gasteiger partial charge in [-0.2, -0.15) is 4.73 Å². The predicted molar refractivity (Wildman–Crippen MR) is 186 cm³/mol. The standard InChI is InChI=1S/C37H38Cl2N4O7/c1-47-31-10-9-26(16-33(31)48-2)32(17-28-29(38)20-43(46)21-30(28)39)49-36(44)25-7-5-23(6-8-25)18-41-35(27-4-3-13-40-19-27)37(45)50-34-22-42-14-11-24(34)12-15-42/h3-10,13,16,19-21,24,32,34-35,41H,11-12,14-15,17-18,22H2,1-2H3/t32?,34-,35-/m0/s1. The lowest BCUT2D eigenvalue weighted by Gasteiger charge is -2.44. The number of nitrogens with one attached hydrogen (secondary N) is 1. The SMILES string of the molecule is COc1ccc(C(Cc2c(Cl)c[n+]([O-])cc2Cl)OC(=O)c2ccc(CN[C@H](C(=O)O[C@H]3CN4CCC3CC4)c3cccnc3)cc2)cc1OC. The number of nitrogens with zero attached hydrogens (tertiary/aromatic N) is 3. The number of esters is 2. The van der Waals surface area contributed by atoms with Crippen molar-refractivity contribution >= 4 is 35.1 Å². The number of pyridine rings is 2. The van der Waals surface area contributed by atoms with E-state index in [0.29, 0.717) is 50.9 Å². The molecule has 3 saturated heterocycles. The summed E-state index contributed by atoms with van der Waals surface area (Å²) < 4.78 is 23.5. The van der Waals surface area contributed by atoms with Crippen molar-refractivity contribution in [2.45, 2.75) is 44.1 Å². The maximum atomic E-state index is 13.5. The van der Waals surface area contributed by atoms with E-state index in [2.05, 4.69) is 15.2 Å². The summed E-state index contributed by atoms with van der Waals surface area (Å²) in [6.07, 6.45) is 6.93.